The lowest BCUT2D eigenvalue weighted by molar-refractivity contribution is 0.0877. The fourth-order valence-corrected chi connectivity index (χ4v) is 4.16. The standard InChI is InChI=1S/C18H19ClN4O2/c1-11-9-12(5-8-20-11)21-14-10-13(19)15-16(24)22-18(23(15)17(14)25)6-3-2-4-7-18/h5,8-10H,2-4,6-7H2,1H3,(H,20,21)(H,22,24). The number of carbonyl (C=O) groups excluding carboxylic acids is 1. The highest BCUT2D eigenvalue weighted by molar-refractivity contribution is 6.34. The molecule has 7 heteroatoms. The Morgan fingerprint density at radius 1 is 1.24 bits per heavy atom. The molecule has 0 aromatic carbocycles. The Hall–Kier alpha value is -2.34. The highest BCUT2D eigenvalue weighted by Gasteiger charge is 2.45. The molecule has 2 aromatic heterocycles. The van der Waals surface area contributed by atoms with Crippen LogP contribution in [0.5, 0.6) is 0 Å². The Morgan fingerprint density at radius 2 is 2.00 bits per heavy atom. The number of rotatable bonds is 2. The molecule has 0 radical (unpaired) electrons. The quantitative estimate of drug-likeness (QED) is 0.863. The molecule has 2 N–H and O–H groups in total. The number of nitrogens with zero attached hydrogens (tertiary/aromatic N) is 2. The second-order valence-electron chi connectivity index (χ2n) is 6.75. The molecule has 2 aliphatic rings. The van der Waals surface area contributed by atoms with Crippen molar-refractivity contribution in [2.45, 2.75) is 44.7 Å². The molecule has 2 aromatic rings. The summed E-state index contributed by atoms with van der Waals surface area (Å²) in [4.78, 5) is 29.8. The zero-order valence-electron chi connectivity index (χ0n) is 13.9. The van der Waals surface area contributed by atoms with E-state index in [-0.39, 0.29) is 22.2 Å². The minimum absolute atomic E-state index is 0.228. The fourth-order valence-electron chi connectivity index (χ4n) is 3.88. The van der Waals surface area contributed by atoms with E-state index in [1.54, 1.807) is 16.8 Å². The van der Waals surface area contributed by atoms with Crippen LogP contribution >= 0.6 is 11.6 Å². The van der Waals surface area contributed by atoms with Gasteiger partial charge in [0.1, 0.15) is 17.0 Å². The third-order valence-electron chi connectivity index (χ3n) is 5.00. The first-order chi connectivity index (χ1) is 12.0. The molecular weight excluding hydrogens is 340 g/mol. The maximum Gasteiger partial charge on any atom is 0.276 e. The van der Waals surface area contributed by atoms with E-state index in [0.717, 1.165) is 43.5 Å². The largest absolute Gasteiger partial charge is 0.351 e. The zero-order valence-corrected chi connectivity index (χ0v) is 14.7. The maximum absolute atomic E-state index is 13.2. The van der Waals surface area contributed by atoms with Crippen LogP contribution in [-0.4, -0.2) is 15.5 Å². The topological polar surface area (TPSA) is 76.0 Å². The van der Waals surface area contributed by atoms with Crippen LogP contribution < -0.4 is 16.2 Å². The Kier molecular flexibility index (Phi) is 3.80. The first kappa shape index (κ1) is 16.1. The summed E-state index contributed by atoms with van der Waals surface area (Å²) in [6.07, 6.45) is 6.25. The Labute approximate surface area is 150 Å². The van der Waals surface area contributed by atoms with Gasteiger partial charge in [0, 0.05) is 17.6 Å². The number of amides is 1. The van der Waals surface area contributed by atoms with Crippen molar-refractivity contribution in [1.82, 2.24) is 14.9 Å². The van der Waals surface area contributed by atoms with E-state index in [1.807, 2.05) is 13.0 Å². The number of hydrogen-bond acceptors (Lipinski definition) is 4. The Balaban J connectivity index is 1.84. The first-order valence-corrected chi connectivity index (χ1v) is 8.86. The van der Waals surface area contributed by atoms with Crippen molar-refractivity contribution >= 4 is 28.9 Å². The summed E-state index contributed by atoms with van der Waals surface area (Å²) in [5, 5.41) is 6.43. The van der Waals surface area contributed by atoms with Gasteiger partial charge in [0.25, 0.3) is 11.5 Å². The molecule has 1 saturated carbocycles. The van der Waals surface area contributed by atoms with E-state index in [9.17, 15) is 9.59 Å². The molecule has 0 unspecified atom stereocenters. The van der Waals surface area contributed by atoms with Gasteiger partial charge >= 0.3 is 0 Å². The second kappa shape index (κ2) is 5.88. The second-order valence-corrected chi connectivity index (χ2v) is 7.16. The van der Waals surface area contributed by atoms with Crippen molar-refractivity contribution < 1.29 is 4.79 Å². The van der Waals surface area contributed by atoms with Gasteiger partial charge in [0.15, 0.2) is 0 Å². The van der Waals surface area contributed by atoms with Crippen molar-refractivity contribution in [3.8, 4) is 0 Å². The van der Waals surface area contributed by atoms with Gasteiger partial charge in [-0.25, -0.2) is 0 Å². The number of fused-ring (bicyclic) bond motifs is 2. The van der Waals surface area contributed by atoms with Gasteiger partial charge in [-0.15, -0.1) is 0 Å². The van der Waals surface area contributed by atoms with Crippen LogP contribution in [0.1, 0.15) is 48.3 Å². The van der Waals surface area contributed by atoms with E-state index in [1.165, 1.54) is 6.07 Å². The van der Waals surface area contributed by atoms with E-state index in [4.69, 9.17) is 11.6 Å². The van der Waals surface area contributed by atoms with E-state index >= 15 is 0 Å². The Morgan fingerprint density at radius 3 is 2.72 bits per heavy atom. The highest BCUT2D eigenvalue weighted by Crippen LogP contribution is 2.38. The average Bonchev–Trinajstić information content (AvgIpc) is 2.85. The van der Waals surface area contributed by atoms with Gasteiger partial charge in [-0.2, -0.15) is 0 Å². The van der Waals surface area contributed by atoms with Crippen LogP contribution in [0.15, 0.2) is 29.2 Å². The maximum atomic E-state index is 13.2. The Bertz CT molecular complexity index is 916. The SMILES string of the molecule is Cc1cc(Nc2cc(Cl)c3n(c2=O)C2(CCCCC2)NC3=O)ccn1. The smallest absolute Gasteiger partial charge is 0.276 e. The van der Waals surface area contributed by atoms with E-state index in [0.29, 0.717) is 5.69 Å². The third kappa shape index (κ3) is 2.61. The summed E-state index contributed by atoms with van der Waals surface area (Å²) in [6, 6.07) is 5.18. The molecule has 6 nitrogen and oxygen atoms in total. The number of hydrogen-bond donors (Lipinski definition) is 2. The minimum Gasteiger partial charge on any atom is -0.351 e. The van der Waals surface area contributed by atoms with Gasteiger partial charge in [-0.1, -0.05) is 18.0 Å². The molecule has 1 aliphatic heterocycles. The summed E-state index contributed by atoms with van der Waals surface area (Å²) in [6.45, 7) is 1.88. The number of carbonyl (C=O) groups is 1. The number of aryl methyl sites for hydroxylation is 1. The molecule has 1 amide bonds. The third-order valence-corrected chi connectivity index (χ3v) is 5.29. The molecule has 130 valence electrons. The molecule has 1 spiro atoms. The predicted molar refractivity (Wildman–Crippen MR) is 96.5 cm³/mol. The average molecular weight is 359 g/mol. The lowest BCUT2D eigenvalue weighted by Crippen LogP contribution is -2.48. The van der Waals surface area contributed by atoms with Crippen LogP contribution in [0, 0.1) is 6.92 Å². The van der Waals surface area contributed by atoms with Crippen molar-refractivity contribution in [3.63, 3.8) is 0 Å². The van der Waals surface area contributed by atoms with Crippen LogP contribution in [0.2, 0.25) is 5.02 Å². The molecule has 25 heavy (non-hydrogen) atoms. The van der Waals surface area contributed by atoms with Crippen molar-refractivity contribution in [3.05, 3.63) is 51.2 Å². The van der Waals surface area contributed by atoms with Crippen LogP contribution in [-0.2, 0) is 5.66 Å². The van der Waals surface area contributed by atoms with Crippen LogP contribution in [0.25, 0.3) is 0 Å². The number of anilines is 2. The molecule has 0 atom stereocenters. The van der Waals surface area contributed by atoms with Crippen molar-refractivity contribution in [2.24, 2.45) is 0 Å². The molecule has 0 saturated heterocycles. The summed E-state index contributed by atoms with van der Waals surface area (Å²) in [7, 11) is 0. The van der Waals surface area contributed by atoms with Gasteiger partial charge in [-0.3, -0.25) is 19.1 Å². The summed E-state index contributed by atoms with van der Waals surface area (Å²) < 4.78 is 1.58. The normalized spacial score (nSPS) is 18.1. The lowest BCUT2D eigenvalue weighted by atomic mass is 9.89. The van der Waals surface area contributed by atoms with E-state index in [2.05, 4.69) is 15.6 Å². The number of halogens is 1. The molecule has 0 bridgehead atoms. The van der Waals surface area contributed by atoms with Crippen LogP contribution in [0.3, 0.4) is 0 Å². The van der Waals surface area contributed by atoms with Gasteiger partial charge in [0.2, 0.25) is 0 Å². The molecule has 3 heterocycles. The first-order valence-electron chi connectivity index (χ1n) is 8.48. The number of aromatic nitrogens is 2. The molecular formula is C18H19ClN4O2. The fraction of sp³-hybridized carbons (Fsp3) is 0.389. The summed E-state index contributed by atoms with van der Waals surface area (Å²) in [5.41, 5.74) is 1.37. The van der Waals surface area contributed by atoms with E-state index < -0.39 is 5.66 Å². The van der Waals surface area contributed by atoms with Crippen molar-refractivity contribution in [2.75, 3.05) is 5.32 Å². The molecule has 1 fully saturated rings. The minimum atomic E-state index is -0.642. The molecule has 1 aliphatic carbocycles. The van der Waals surface area contributed by atoms with Gasteiger partial charge in [0.05, 0.1) is 5.02 Å². The summed E-state index contributed by atoms with van der Waals surface area (Å²) in [5.74, 6) is -0.268. The predicted octanol–water partition coefficient (Wildman–Crippen LogP) is 3.31. The van der Waals surface area contributed by atoms with Gasteiger partial charge < -0.3 is 10.6 Å². The number of nitrogens with one attached hydrogen (secondary N) is 2. The van der Waals surface area contributed by atoms with Crippen LogP contribution in [0.4, 0.5) is 11.4 Å². The number of pyridine rings is 2. The monoisotopic (exact) mass is 358 g/mol. The summed E-state index contributed by atoms with van der Waals surface area (Å²) >= 11 is 6.37. The molecule has 4 rings (SSSR count). The van der Waals surface area contributed by atoms with Gasteiger partial charge in [-0.05, 0) is 50.8 Å². The zero-order chi connectivity index (χ0) is 17.6. The highest BCUT2D eigenvalue weighted by atomic mass is 35.5. The van der Waals surface area contributed by atoms with Crippen molar-refractivity contribution in [1.29, 1.82) is 0 Å². The lowest BCUT2D eigenvalue weighted by Gasteiger charge is -2.35.